The van der Waals surface area contributed by atoms with Gasteiger partial charge in [-0.3, -0.25) is 9.59 Å². The Morgan fingerprint density at radius 1 is 0.857 bits per heavy atom. The van der Waals surface area contributed by atoms with Crippen molar-refractivity contribution in [1.82, 2.24) is 0 Å². The fraction of sp³-hybridized carbons (Fsp3) is 0. The first-order valence-electron chi connectivity index (χ1n) is 8.57. The molecule has 4 rings (SSSR count). The molecule has 0 aliphatic heterocycles. The highest BCUT2D eigenvalue weighted by molar-refractivity contribution is 6.14. The van der Waals surface area contributed by atoms with E-state index in [1.54, 1.807) is 48.5 Å². The molecule has 0 atom stereocenters. The molecule has 0 radical (unpaired) electrons. The second kappa shape index (κ2) is 7.28. The van der Waals surface area contributed by atoms with E-state index in [-0.39, 0.29) is 11.4 Å². The number of hydrogen-bond donors (Lipinski definition) is 2. The number of nitrogens with two attached hydrogens (primary N) is 1. The van der Waals surface area contributed by atoms with E-state index in [9.17, 15) is 9.59 Å². The van der Waals surface area contributed by atoms with Crippen LogP contribution in [0.3, 0.4) is 0 Å². The number of para-hydroxylation sites is 2. The van der Waals surface area contributed by atoms with E-state index in [1.165, 1.54) is 0 Å². The highest BCUT2D eigenvalue weighted by Crippen LogP contribution is 2.31. The summed E-state index contributed by atoms with van der Waals surface area (Å²) in [7, 11) is 0. The van der Waals surface area contributed by atoms with Gasteiger partial charge in [0, 0.05) is 10.9 Å². The molecule has 6 heteroatoms. The van der Waals surface area contributed by atoms with Gasteiger partial charge in [0.25, 0.3) is 11.8 Å². The number of anilines is 1. The van der Waals surface area contributed by atoms with Crippen molar-refractivity contribution in [3.63, 3.8) is 0 Å². The molecule has 2 amide bonds. The summed E-state index contributed by atoms with van der Waals surface area (Å²) >= 11 is 0. The second-order valence-electron chi connectivity index (χ2n) is 6.06. The zero-order chi connectivity index (χ0) is 19.5. The topological polar surface area (TPSA) is 94.6 Å². The Morgan fingerprint density at radius 2 is 1.57 bits per heavy atom. The Hall–Kier alpha value is -4.06. The van der Waals surface area contributed by atoms with Crippen LogP contribution in [0, 0.1) is 0 Å². The van der Waals surface area contributed by atoms with Crippen molar-refractivity contribution in [2.75, 3.05) is 5.32 Å². The van der Waals surface area contributed by atoms with E-state index in [2.05, 4.69) is 5.32 Å². The highest BCUT2D eigenvalue weighted by atomic mass is 16.5. The van der Waals surface area contributed by atoms with Crippen molar-refractivity contribution in [2.24, 2.45) is 5.73 Å². The van der Waals surface area contributed by atoms with Crippen LogP contribution in [0.4, 0.5) is 5.69 Å². The Kier molecular flexibility index (Phi) is 4.51. The molecule has 6 nitrogen and oxygen atoms in total. The third-order valence-corrected chi connectivity index (χ3v) is 4.13. The zero-order valence-corrected chi connectivity index (χ0v) is 14.7. The SMILES string of the molecule is NC(=O)c1oc2ccccc2c1NC(=O)c1cccc(Oc2ccccc2)c1. The van der Waals surface area contributed by atoms with Crippen molar-refractivity contribution in [3.8, 4) is 11.5 Å². The third-order valence-electron chi connectivity index (χ3n) is 4.13. The number of rotatable bonds is 5. The van der Waals surface area contributed by atoms with E-state index in [1.807, 2.05) is 30.3 Å². The number of fused-ring (bicyclic) bond motifs is 1. The summed E-state index contributed by atoms with van der Waals surface area (Å²) < 4.78 is 11.3. The van der Waals surface area contributed by atoms with E-state index in [0.717, 1.165) is 0 Å². The van der Waals surface area contributed by atoms with Gasteiger partial charge in [0.2, 0.25) is 5.76 Å². The molecule has 0 aliphatic carbocycles. The molecule has 0 spiro atoms. The Bertz CT molecular complexity index is 1170. The molecule has 0 unspecified atom stereocenters. The highest BCUT2D eigenvalue weighted by Gasteiger charge is 2.21. The Balaban J connectivity index is 1.63. The Morgan fingerprint density at radius 3 is 2.36 bits per heavy atom. The van der Waals surface area contributed by atoms with Gasteiger partial charge in [-0.15, -0.1) is 0 Å². The maximum atomic E-state index is 12.8. The molecule has 3 N–H and O–H groups in total. The van der Waals surface area contributed by atoms with Gasteiger partial charge in [-0.25, -0.2) is 0 Å². The van der Waals surface area contributed by atoms with Crippen molar-refractivity contribution in [2.45, 2.75) is 0 Å². The minimum absolute atomic E-state index is 0.0914. The van der Waals surface area contributed by atoms with Crippen LogP contribution in [0.5, 0.6) is 11.5 Å². The molecular formula is C22H16N2O4. The van der Waals surface area contributed by atoms with Crippen LogP contribution in [0.25, 0.3) is 11.0 Å². The average Bonchev–Trinajstić information content (AvgIpc) is 3.08. The van der Waals surface area contributed by atoms with Crippen LogP contribution in [0.1, 0.15) is 20.9 Å². The van der Waals surface area contributed by atoms with Gasteiger partial charge in [0.05, 0.1) is 0 Å². The molecular weight excluding hydrogens is 356 g/mol. The number of hydrogen-bond acceptors (Lipinski definition) is 4. The number of ether oxygens (including phenoxy) is 1. The number of amides is 2. The molecule has 4 aromatic rings. The summed E-state index contributed by atoms with van der Waals surface area (Å²) in [5, 5.41) is 3.33. The lowest BCUT2D eigenvalue weighted by molar-refractivity contribution is 0.0977. The van der Waals surface area contributed by atoms with Crippen LogP contribution < -0.4 is 15.8 Å². The number of primary amides is 1. The van der Waals surface area contributed by atoms with E-state index >= 15 is 0 Å². The predicted molar refractivity (Wildman–Crippen MR) is 106 cm³/mol. The van der Waals surface area contributed by atoms with Crippen molar-refractivity contribution < 1.29 is 18.7 Å². The minimum atomic E-state index is -0.757. The third kappa shape index (κ3) is 3.43. The minimum Gasteiger partial charge on any atom is -0.457 e. The first-order valence-corrected chi connectivity index (χ1v) is 8.57. The molecule has 138 valence electrons. The van der Waals surface area contributed by atoms with Crippen LogP contribution >= 0.6 is 0 Å². The van der Waals surface area contributed by atoms with Gasteiger partial charge in [-0.05, 0) is 42.5 Å². The van der Waals surface area contributed by atoms with Crippen molar-refractivity contribution >= 4 is 28.5 Å². The van der Waals surface area contributed by atoms with E-state index < -0.39 is 11.8 Å². The van der Waals surface area contributed by atoms with Crippen LogP contribution in [0.15, 0.2) is 83.3 Å². The first kappa shape index (κ1) is 17.4. The van der Waals surface area contributed by atoms with Crippen molar-refractivity contribution in [3.05, 3.63) is 90.2 Å². The number of carbonyl (C=O) groups excluding carboxylic acids is 2. The summed E-state index contributed by atoms with van der Waals surface area (Å²) in [6.07, 6.45) is 0. The van der Waals surface area contributed by atoms with Crippen molar-refractivity contribution in [1.29, 1.82) is 0 Å². The van der Waals surface area contributed by atoms with E-state index in [0.29, 0.717) is 28.0 Å². The Labute approximate surface area is 160 Å². The summed E-state index contributed by atoms with van der Waals surface area (Å²) in [6.45, 7) is 0. The number of benzene rings is 3. The molecule has 3 aromatic carbocycles. The molecule has 0 aliphatic rings. The summed E-state index contributed by atoms with van der Waals surface area (Å²) in [5.74, 6) is -0.0746. The fourth-order valence-corrected chi connectivity index (χ4v) is 2.85. The lowest BCUT2D eigenvalue weighted by atomic mass is 10.1. The normalized spacial score (nSPS) is 10.6. The maximum absolute atomic E-state index is 12.8. The number of nitrogens with one attached hydrogen (secondary N) is 1. The standard InChI is InChI=1S/C22H16N2O4/c23-21(25)20-19(17-11-4-5-12-18(17)28-20)24-22(26)14-7-6-10-16(13-14)27-15-8-2-1-3-9-15/h1-13H,(H2,23,25)(H,24,26). The first-order chi connectivity index (χ1) is 13.6. The second-order valence-corrected chi connectivity index (χ2v) is 6.06. The molecule has 28 heavy (non-hydrogen) atoms. The van der Waals surface area contributed by atoms with Gasteiger partial charge in [0.15, 0.2) is 0 Å². The quantitative estimate of drug-likeness (QED) is 0.536. The monoisotopic (exact) mass is 372 g/mol. The smallest absolute Gasteiger partial charge is 0.286 e. The predicted octanol–water partition coefficient (Wildman–Crippen LogP) is 4.58. The summed E-state index contributed by atoms with van der Waals surface area (Å²) in [6, 6.07) is 23.0. The van der Waals surface area contributed by atoms with Gasteiger partial charge in [0.1, 0.15) is 22.8 Å². The molecule has 0 saturated heterocycles. The van der Waals surface area contributed by atoms with Crippen LogP contribution in [-0.2, 0) is 0 Å². The van der Waals surface area contributed by atoms with E-state index in [4.69, 9.17) is 14.9 Å². The fourth-order valence-electron chi connectivity index (χ4n) is 2.85. The molecule has 0 saturated carbocycles. The molecule has 1 heterocycles. The molecule has 0 fully saturated rings. The van der Waals surface area contributed by atoms with Gasteiger partial charge >= 0.3 is 0 Å². The summed E-state index contributed by atoms with van der Waals surface area (Å²) in [5.41, 5.74) is 6.49. The molecule has 0 bridgehead atoms. The lowest BCUT2D eigenvalue weighted by Gasteiger charge is -2.08. The van der Waals surface area contributed by atoms with Crippen LogP contribution in [0.2, 0.25) is 0 Å². The van der Waals surface area contributed by atoms with Gasteiger partial charge in [-0.1, -0.05) is 36.4 Å². The zero-order valence-electron chi connectivity index (χ0n) is 14.7. The van der Waals surface area contributed by atoms with Gasteiger partial charge < -0.3 is 20.2 Å². The number of carbonyl (C=O) groups is 2. The van der Waals surface area contributed by atoms with Gasteiger partial charge in [-0.2, -0.15) is 0 Å². The number of furan rings is 1. The molecule has 1 aromatic heterocycles. The average molecular weight is 372 g/mol. The summed E-state index contributed by atoms with van der Waals surface area (Å²) in [4.78, 5) is 24.5. The maximum Gasteiger partial charge on any atom is 0.286 e. The largest absolute Gasteiger partial charge is 0.457 e. The van der Waals surface area contributed by atoms with Crippen LogP contribution in [-0.4, -0.2) is 11.8 Å². The lowest BCUT2D eigenvalue weighted by Crippen LogP contribution is -2.17.